The lowest BCUT2D eigenvalue weighted by atomic mass is 9.99. The number of hydrogen-bond acceptors (Lipinski definition) is 4. The summed E-state index contributed by atoms with van der Waals surface area (Å²) >= 11 is 0. The highest BCUT2D eigenvalue weighted by molar-refractivity contribution is 5.86. The largest absolute Gasteiger partial charge is 0.444 e. The fourth-order valence-electron chi connectivity index (χ4n) is 3.24. The van der Waals surface area contributed by atoms with Crippen LogP contribution in [0.15, 0.2) is 60.9 Å². The van der Waals surface area contributed by atoms with Gasteiger partial charge in [-0.25, -0.2) is 18.4 Å². The first-order valence-corrected chi connectivity index (χ1v) is 9.46. The summed E-state index contributed by atoms with van der Waals surface area (Å²) in [5.74, 6) is -2.14. The summed E-state index contributed by atoms with van der Waals surface area (Å²) < 4.78 is 34.7. The minimum atomic E-state index is -1.71. The number of rotatable bonds is 5. The van der Waals surface area contributed by atoms with Crippen LogP contribution >= 0.6 is 0 Å². The van der Waals surface area contributed by atoms with E-state index in [-0.39, 0.29) is 23.5 Å². The van der Waals surface area contributed by atoms with Gasteiger partial charge in [-0.3, -0.25) is 10.3 Å². The number of nitrogens with zero attached hydrogens (tertiary/aromatic N) is 2. The molecule has 1 amide bonds. The monoisotopic (exact) mass is 434 g/mol. The van der Waals surface area contributed by atoms with Crippen molar-refractivity contribution in [3.8, 4) is 0 Å². The Morgan fingerprint density at radius 1 is 1.25 bits per heavy atom. The van der Waals surface area contributed by atoms with E-state index in [2.05, 4.69) is 20.1 Å². The summed E-state index contributed by atoms with van der Waals surface area (Å²) in [6.45, 7) is 7.07. The first-order valence-electron chi connectivity index (χ1n) is 9.46. The first kappa shape index (κ1) is 21.0. The molecule has 0 spiro atoms. The predicted molar refractivity (Wildman–Crippen MR) is 113 cm³/mol. The van der Waals surface area contributed by atoms with Crippen molar-refractivity contribution in [1.29, 1.82) is 0 Å². The average molecular weight is 434 g/mol. The van der Waals surface area contributed by atoms with Gasteiger partial charge in [-0.15, -0.1) is 0 Å². The van der Waals surface area contributed by atoms with Crippen LogP contribution in [0, 0.1) is 18.2 Å². The van der Waals surface area contributed by atoms with Crippen LogP contribution in [0.2, 0.25) is 0 Å². The van der Waals surface area contributed by atoms with Gasteiger partial charge in [0.1, 0.15) is 24.2 Å². The number of carbonyl (C=O) groups is 1. The van der Waals surface area contributed by atoms with Gasteiger partial charge in [0, 0.05) is 23.3 Å². The number of nitrogens with one attached hydrogen (secondary N) is 2. The van der Waals surface area contributed by atoms with E-state index in [4.69, 9.17) is 11.3 Å². The lowest BCUT2D eigenvalue weighted by Gasteiger charge is -2.15. The molecule has 2 aromatic heterocycles. The number of benzene rings is 2. The van der Waals surface area contributed by atoms with Crippen molar-refractivity contribution >= 4 is 28.5 Å². The van der Waals surface area contributed by atoms with Gasteiger partial charge < -0.3 is 14.8 Å². The SMILES string of the molecule is [C-]#[N+]c1cnc2[nH]cc(C(O)c3c(F)ccc(NC(=O)OCc4ccccc4)c3F)c2c1. The number of ether oxygens (including phenoxy) is 1. The minimum Gasteiger partial charge on any atom is -0.444 e. The lowest BCUT2D eigenvalue weighted by Crippen LogP contribution is -2.16. The smallest absolute Gasteiger partial charge is 0.412 e. The van der Waals surface area contributed by atoms with Crippen LogP contribution < -0.4 is 5.32 Å². The number of fused-ring (bicyclic) bond motifs is 1. The van der Waals surface area contributed by atoms with Crippen LogP contribution in [0.25, 0.3) is 15.9 Å². The normalized spacial score (nSPS) is 11.7. The van der Waals surface area contributed by atoms with E-state index in [0.29, 0.717) is 11.0 Å². The van der Waals surface area contributed by atoms with E-state index in [1.165, 1.54) is 18.5 Å². The van der Waals surface area contributed by atoms with Crippen molar-refractivity contribution in [3.05, 3.63) is 101 Å². The van der Waals surface area contributed by atoms with E-state index in [0.717, 1.165) is 17.7 Å². The summed E-state index contributed by atoms with van der Waals surface area (Å²) in [4.78, 5) is 22.2. The van der Waals surface area contributed by atoms with Gasteiger partial charge in [0.2, 0.25) is 5.69 Å². The van der Waals surface area contributed by atoms with Crippen LogP contribution in [0.4, 0.5) is 25.0 Å². The number of aromatic nitrogens is 2. The number of aliphatic hydroxyl groups excluding tert-OH is 1. The van der Waals surface area contributed by atoms with Crippen molar-refractivity contribution in [2.45, 2.75) is 12.7 Å². The first-order chi connectivity index (χ1) is 15.5. The molecule has 1 atom stereocenters. The minimum absolute atomic E-state index is 0.0311. The second-order valence-electron chi connectivity index (χ2n) is 6.86. The number of halogens is 2. The third-order valence-electron chi connectivity index (χ3n) is 4.82. The van der Waals surface area contributed by atoms with E-state index in [9.17, 15) is 14.3 Å². The number of aromatic amines is 1. The van der Waals surface area contributed by atoms with Crippen molar-refractivity contribution in [1.82, 2.24) is 9.97 Å². The molecule has 0 saturated carbocycles. The highest BCUT2D eigenvalue weighted by atomic mass is 19.1. The van der Waals surface area contributed by atoms with Gasteiger partial charge in [0.25, 0.3) is 0 Å². The van der Waals surface area contributed by atoms with E-state index >= 15 is 4.39 Å². The molecular formula is C23H16F2N4O3. The Labute approximate surface area is 181 Å². The summed E-state index contributed by atoms with van der Waals surface area (Å²) in [6.07, 6.45) is 0.0594. The zero-order valence-electron chi connectivity index (χ0n) is 16.5. The molecule has 4 aromatic rings. The molecular weight excluding hydrogens is 418 g/mol. The third kappa shape index (κ3) is 4.12. The van der Waals surface area contributed by atoms with Gasteiger partial charge in [0.05, 0.1) is 17.8 Å². The molecule has 0 aliphatic rings. The molecule has 7 nitrogen and oxygen atoms in total. The fourth-order valence-corrected chi connectivity index (χ4v) is 3.24. The maximum absolute atomic E-state index is 15.1. The molecule has 2 heterocycles. The van der Waals surface area contributed by atoms with Crippen molar-refractivity contribution < 1.29 is 23.4 Å². The van der Waals surface area contributed by atoms with Crippen LogP contribution in [0.1, 0.15) is 22.8 Å². The number of anilines is 1. The average Bonchev–Trinajstić information content (AvgIpc) is 3.23. The molecule has 1 unspecified atom stereocenters. The van der Waals surface area contributed by atoms with Gasteiger partial charge in [0.15, 0.2) is 5.82 Å². The molecule has 160 valence electrons. The molecule has 4 rings (SSSR count). The molecule has 0 fully saturated rings. The summed E-state index contributed by atoms with van der Waals surface area (Å²) in [5.41, 5.74) is 0.442. The number of amides is 1. The van der Waals surface area contributed by atoms with E-state index < -0.39 is 29.4 Å². The molecule has 32 heavy (non-hydrogen) atoms. The van der Waals surface area contributed by atoms with Gasteiger partial charge in [-0.2, -0.15) is 0 Å². The predicted octanol–water partition coefficient (Wildman–Crippen LogP) is 5.22. The van der Waals surface area contributed by atoms with Crippen molar-refractivity contribution in [2.24, 2.45) is 0 Å². The molecule has 2 aromatic carbocycles. The number of H-pyrrole nitrogens is 1. The van der Waals surface area contributed by atoms with Crippen LogP contribution in [-0.4, -0.2) is 21.2 Å². The molecule has 0 bridgehead atoms. The zero-order chi connectivity index (χ0) is 22.7. The Morgan fingerprint density at radius 3 is 2.78 bits per heavy atom. The van der Waals surface area contributed by atoms with E-state index in [1.54, 1.807) is 24.3 Å². The quantitative estimate of drug-likeness (QED) is 0.376. The Hall–Kier alpha value is -4.29. The lowest BCUT2D eigenvalue weighted by molar-refractivity contribution is 0.155. The maximum atomic E-state index is 15.1. The molecule has 0 saturated heterocycles. The van der Waals surface area contributed by atoms with Gasteiger partial charge in [-0.1, -0.05) is 30.3 Å². The number of pyridine rings is 1. The van der Waals surface area contributed by atoms with Crippen molar-refractivity contribution in [2.75, 3.05) is 5.32 Å². The fraction of sp³-hybridized carbons (Fsp3) is 0.0870. The summed E-state index contributed by atoms with van der Waals surface area (Å²) in [5, 5.41) is 13.3. The topological polar surface area (TPSA) is 91.6 Å². The molecule has 3 N–H and O–H groups in total. The standard InChI is InChI=1S/C23H16F2N4O3/c1-26-14-9-15-16(11-28-22(15)27-10-14)21(30)19-17(24)7-8-18(20(19)25)29-23(31)32-12-13-5-3-2-4-6-13/h2-11,21,30H,12H2,(H,27,28)(H,29,31). The Kier molecular flexibility index (Phi) is 5.79. The second kappa shape index (κ2) is 8.83. The number of aliphatic hydroxyl groups is 1. The van der Waals surface area contributed by atoms with Gasteiger partial charge in [-0.05, 0) is 23.8 Å². The Bertz CT molecular complexity index is 1330. The highest BCUT2D eigenvalue weighted by Crippen LogP contribution is 2.34. The van der Waals surface area contributed by atoms with Crippen molar-refractivity contribution in [3.63, 3.8) is 0 Å². The van der Waals surface area contributed by atoms with Gasteiger partial charge >= 0.3 is 6.09 Å². The maximum Gasteiger partial charge on any atom is 0.412 e. The van der Waals surface area contributed by atoms with E-state index in [1.807, 2.05) is 6.07 Å². The molecule has 0 aliphatic heterocycles. The molecule has 0 aliphatic carbocycles. The second-order valence-corrected chi connectivity index (χ2v) is 6.86. The number of hydrogen-bond donors (Lipinski definition) is 3. The zero-order valence-corrected chi connectivity index (χ0v) is 16.5. The highest BCUT2D eigenvalue weighted by Gasteiger charge is 2.25. The Balaban J connectivity index is 1.59. The number of carbonyl (C=O) groups excluding carboxylic acids is 1. The summed E-state index contributed by atoms with van der Waals surface area (Å²) in [6, 6.07) is 12.3. The van der Waals surface area contributed by atoms with Crippen LogP contribution in [-0.2, 0) is 11.3 Å². The van der Waals surface area contributed by atoms with Crippen LogP contribution in [0.5, 0.6) is 0 Å². The van der Waals surface area contributed by atoms with Crippen LogP contribution in [0.3, 0.4) is 0 Å². The summed E-state index contributed by atoms with van der Waals surface area (Å²) in [7, 11) is 0. The third-order valence-corrected chi connectivity index (χ3v) is 4.82. The molecule has 9 heteroatoms. The Morgan fingerprint density at radius 2 is 2.03 bits per heavy atom. The molecule has 0 radical (unpaired) electrons.